The van der Waals surface area contributed by atoms with Gasteiger partial charge in [0.2, 0.25) is 0 Å². The zero-order chi connectivity index (χ0) is 15.0. The molecule has 0 saturated carbocycles. The highest BCUT2D eigenvalue weighted by Gasteiger charge is 2.35. The fourth-order valence-electron chi connectivity index (χ4n) is 2.81. The summed E-state index contributed by atoms with van der Waals surface area (Å²) in [7, 11) is 1.77. The molecule has 0 spiro atoms. The molecule has 2 heterocycles. The highest BCUT2D eigenvalue weighted by atomic mass is 32.1. The topological polar surface area (TPSA) is 69.6 Å². The van der Waals surface area contributed by atoms with E-state index >= 15 is 0 Å². The summed E-state index contributed by atoms with van der Waals surface area (Å²) in [5.74, 6) is -0.966. The van der Waals surface area contributed by atoms with E-state index in [2.05, 4.69) is 5.32 Å². The first kappa shape index (κ1) is 14.0. The standard InChI is InChI=1S/C15H16N2O3S/c1-17-7-9(6-12(17)15(19)20)16-14(18)11-8-21-13-5-3-2-4-10(11)13/h2-5,8-9,12H,6-7H2,1H3,(H,16,18)(H,19,20)/t9-,12+/m1/s1. The van der Waals surface area contributed by atoms with E-state index in [1.807, 2.05) is 29.6 Å². The van der Waals surface area contributed by atoms with Gasteiger partial charge in [0.25, 0.3) is 5.91 Å². The number of thiophene rings is 1. The molecule has 2 aromatic rings. The normalized spacial score (nSPS) is 22.5. The summed E-state index contributed by atoms with van der Waals surface area (Å²) >= 11 is 1.54. The van der Waals surface area contributed by atoms with Gasteiger partial charge in [0.05, 0.1) is 5.56 Å². The van der Waals surface area contributed by atoms with Crippen LogP contribution in [0.4, 0.5) is 0 Å². The average molecular weight is 304 g/mol. The maximum Gasteiger partial charge on any atom is 0.320 e. The Labute approximate surface area is 126 Å². The lowest BCUT2D eigenvalue weighted by molar-refractivity contribution is -0.141. The van der Waals surface area contributed by atoms with Gasteiger partial charge in [-0.15, -0.1) is 11.3 Å². The van der Waals surface area contributed by atoms with Gasteiger partial charge >= 0.3 is 5.97 Å². The molecule has 110 valence electrons. The highest BCUT2D eigenvalue weighted by Crippen LogP contribution is 2.26. The molecule has 2 N–H and O–H groups in total. The number of rotatable bonds is 3. The maximum atomic E-state index is 12.4. The van der Waals surface area contributed by atoms with E-state index < -0.39 is 12.0 Å². The number of nitrogens with zero attached hydrogens (tertiary/aromatic N) is 1. The smallest absolute Gasteiger partial charge is 0.320 e. The Hall–Kier alpha value is -1.92. The number of hydrogen-bond acceptors (Lipinski definition) is 4. The summed E-state index contributed by atoms with van der Waals surface area (Å²) in [5.41, 5.74) is 0.664. The van der Waals surface area contributed by atoms with Crippen molar-refractivity contribution in [3.63, 3.8) is 0 Å². The number of likely N-dealkylation sites (N-methyl/N-ethyl adjacent to an activating group) is 1. The third kappa shape index (κ3) is 2.64. The number of carboxylic acids is 1. The molecular formula is C15H16N2O3S. The minimum absolute atomic E-state index is 0.123. The van der Waals surface area contributed by atoms with Crippen molar-refractivity contribution < 1.29 is 14.7 Å². The average Bonchev–Trinajstić information content (AvgIpc) is 3.02. The number of carbonyl (C=O) groups is 2. The van der Waals surface area contributed by atoms with Crippen molar-refractivity contribution in [2.45, 2.75) is 18.5 Å². The van der Waals surface area contributed by atoms with Gasteiger partial charge in [0.1, 0.15) is 6.04 Å². The van der Waals surface area contributed by atoms with Crippen LogP contribution in [0.2, 0.25) is 0 Å². The van der Waals surface area contributed by atoms with Crippen molar-refractivity contribution in [1.82, 2.24) is 10.2 Å². The molecule has 2 atom stereocenters. The molecule has 1 fully saturated rings. The zero-order valence-electron chi connectivity index (χ0n) is 11.6. The van der Waals surface area contributed by atoms with E-state index in [4.69, 9.17) is 5.11 Å². The molecule has 5 nitrogen and oxygen atoms in total. The molecule has 1 aromatic carbocycles. The SMILES string of the molecule is CN1C[C@H](NC(=O)c2csc3ccccc23)C[C@H]1C(=O)O. The summed E-state index contributed by atoms with van der Waals surface area (Å²) in [6.45, 7) is 0.560. The predicted molar refractivity (Wildman–Crippen MR) is 81.8 cm³/mol. The van der Waals surface area contributed by atoms with Crippen LogP contribution in [0.3, 0.4) is 0 Å². The van der Waals surface area contributed by atoms with Crippen molar-refractivity contribution in [1.29, 1.82) is 0 Å². The number of aliphatic carboxylic acids is 1. The van der Waals surface area contributed by atoms with Crippen LogP contribution < -0.4 is 5.32 Å². The quantitative estimate of drug-likeness (QED) is 0.907. The number of carboxylic acid groups (broad SMARTS) is 1. The first-order chi connectivity index (χ1) is 10.1. The monoisotopic (exact) mass is 304 g/mol. The second-order valence-electron chi connectivity index (χ2n) is 5.35. The predicted octanol–water partition coefficient (Wildman–Crippen LogP) is 1.79. The Bertz CT molecular complexity index is 697. The number of carbonyl (C=O) groups excluding carboxylic acids is 1. The fraction of sp³-hybridized carbons (Fsp3) is 0.333. The lowest BCUT2D eigenvalue weighted by Crippen LogP contribution is -2.36. The van der Waals surface area contributed by atoms with Gasteiger partial charge < -0.3 is 10.4 Å². The van der Waals surface area contributed by atoms with E-state index in [0.29, 0.717) is 18.5 Å². The van der Waals surface area contributed by atoms with Gasteiger partial charge in [0.15, 0.2) is 0 Å². The number of nitrogens with one attached hydrogen (secondary N) is 1. The van der Waals surface area contributed by atoms with Gasteiger partial charge in [-0.1, -0.05) is 18.2 Å². The summed E-state index contributed by atoms with van der Waals surface area (Å²) in [6.07, 6.45) is 0.444. The third-order valence-electron chi connectivity index (χ3n) is 3.89. The van der Waals surface area contributed by atoms with Crippen LogP contribution in [0.1, 0.15) is 16.8 Å². The van der Waals surface area contributed by atoms with Gasteiger partial charge in [-0.25, -0.2) is 0 Å². The van der Waals surface area contributed by atoms with Crippen LogP contribution in [0.5, 0.6) is 0 Å². The number of fused-ring (bicyclic) bond motifs is 1. The molecule has 1 aliphatic rings. The fourth-order valence-corrected chi connectivity index (χ4v) is 3.75. The minimum Gasteiger partial charge on any atom is -0.480 e. The Morgan fingerprint density at radius 3 is 2.86 bits per heavy atom. The van der Waals surface area contributed by atoms with E-state index in [1.165, 1.54) is 0 Å². The Morgan fingerprint density at radius 1 is 1.38 bits per heavy atom. The lowest BCUT2D eigenvalue weighted by Gasteiger charge is -2.13. The second kappa shape index (κ2) is 5.46. The molecule has 0 bridgehead atoms. The first-order valence-corrected chi connectivity index (χ1v) is 7.64. The van der Waals surface area contributed by atoms with Crippen LogP contribution in [0.25, 0.3) is 10.1 Å². The van der Waals surface area contributed by atoms with Gasteiger partial charge in [-0.05, 0) is 19.5 Å². The summed E-state index contributed by atoms with van der Waals surface area (Å²) in [5, 5.41) is 14.9. The Kier molecular flexibility index (Phi) is 3.65. The van der Waals surface area contributed by atoms with E-state index in [1.54, 1.807) is 23.3 Å². The van der Waals surface area contributed by atoms with Gasteiger partial charge in [-0.3, -0.25) is 14.5 Å². The van der Waals surface area contributed by atoms with Crippen LogP contribution >= 0.6 is 11.3 Å². The molecule has 0 radical (unpaired) electrons. The molecule has 1 saturated heterocycles. The van der Waals surface area contributed by atoms with E-state index in [-0.39, 0.29) is 11.9 Å². The van der Waals surface area contributed by atoms with Crippen LogP contribution in [-0.4, -0.2) is 47.6 Å². The van der Waals surface area contributed by atoms with Crippen molar-refractivity contribution in [3.05, 3.63) is 35.2 Å². The first-order valence-electron chi connectivity index (χ1n) is 6.76. The zero-order valence-corrected chi connectivity index (χ0v) is 12.4. The molecule has 6 heteroatoms. The van der Waals surface area contributed by atoms with E-state index in [9.17, 15) is 9.59 Å². The van der Waals surface area contributed by atoms with Crippen molar-refractivity contribution in [3.8, 4) is 0 Å². The number of likely N-dealkylation sites (tertiary alicyclic amines) is 1. The molecule has 3 rings (SSSR count). The highest BCUT2D eigenvalue weighted by molar-refractivity contribution is 7.17. The molecular weight excluding hydrogens is 288 g/mol. The molecule has 1 aromatic heterocycles. The third-order valence-corrected chi connectivity index (χ3v) is 4.86. The molecule has 0 unspecified atom stereocenters. The van der Waals surface area contributed by atoms with Crippen LogP contribution in [0, 0.1) is 0 Å². The summed E-state index contributed by atoms with van der Waals surface area (Å²) in [6, 6.07) is 7.14. The number of hydrogen-bond donors (Lipinski definition) is 2. The molecule has 0 aliphatic carbocycles. The molecule has 1 aliphatic heterocycles. The van der Waals surface area contributed by atoms with Crippen molar-refractivity contribution in [2.75, 3.05) is 13.6 Å². The minimum atomic E-state index is -0.838. The van der Waals surface area contributed by atoms with Crippen molar-refractivity contribution in [2.24, 2.45) is 0 Å². The Balaban J connectivity index is 1.74. The maximum absolute atomic E-state index is 12.4. The van der Waals surface area contributed by atoms with Crippen LogP contribution in [-0.2, 0) is 4.79 Å². The summed E-state index contributed by atoms with van der Waals surface area (Å²) < 4.78 is 1.08. The van der Waals surface area contributed by atoms with Crippen molar-refractivity contribution >= 4 is 33.3 Å². The summed E-state index contributed by atoms with van der Waals surface area (Å²) in [4.78, 5) is 25.2. The Morgan fingerprint density at radius 2 is 2.14 bits per heavy atom. The largest absolute Gasteiger partial charge is 0.480 e. The number of benzene rings is 1. The number of amides is 1. The lowest BCUT2D eigenvalue weighted by atomic mass is 10.1. The van der Waals surface area contributed by atoms with Crippen LogP contribution in [0.15, 0.2) is 29.6 Å². The second-order valence-corrected chi connectivity index (χ2v) is 6.26. The van der Waals surface area contributed by atoms with Gasteiger partial charge in [0, 0.05) is 28.1 Å². The van der Waals surface area contributed by atoms with E-state index in [0.717, 1.165) is 10.1 Å². The molecule has 21 heavy (non-hydrogen) atoms. The van der Waals surface area contributed by atoms with Gasteiger partial charge in [-0.2, -0.15) is 0 Å². The molecule has 1 amide bonds.